The zero-order valence-electron chi connectivity index (χ0n) is 34.8. The van der Waals surface area contributed by atoms with E-state index >= 15 is 0 Å². The molecule has 4 rings (SSSR count). The van der Waals surface area contributed by atoms with Gasteiger partial charge in [0.15, 0.2) is 24.4 Å². The summed E-state index contributed by atoms with van der Waals surface area (Å²) in [5, 5.41) is 8.34. The number of rotatable bonds is 23. The third-order valence-electron chi connectivity index (χ3n) is 9.75. The fourth-order valence-electron chi connectivity index (χ4n) is 7.24. The number of methoxy groups -OCH3 is 2. The zero-order valence-corrected chi connectivity index (χ0v) is 37.1. The lowest BCUT2D eigenvalue weighted by Gasteiger charge is -2.47. The molecule has 0 unspecified atom stereocenters. The maximum atomic E-state index is 14.0. The van der Waals surface area contributed by atoms with Gasteiger partial charge in [-0.3, -0.25) is 24.0 Å². The molecule has 4 aliphatic heterocycles. The largest absolute Gasteiger partial charge is 0.465 e. The highest BCUT2D eigenvalue weighted by molar-refractivity contribution is 6.27. The smallest absolute Gasteiger partial charge is 0.407 e. The standard InChI is InChI=1S/C35H44Cl3N5O22/c1-15(44)58-20(26(59-16(2)45)28-24-17(61-32(51)41-24)8-34(64-28,30(49)53-3)56-7-5-6-40-43-39)14-57-35(31(50)54-4)9-18-25(42-33(52)62-18)29(65-35)27(63-23(48)12-38)19(60-22(47)11-37)13-55-21(46)10-36/h17-20,24-29H,5-14H2,1-4H3,(H,41,51)(H,42,52)/t17-,18-,19+,20+,24+,25+,26+,27+,28+,29+,34+,35+/m0/s1. The van der Waals surface area contributed by atoms with Crippen LogP contribution in [0.25, 0.3) is 10.4 Å². The molecule has 0 aromatic rings. The van der Waals surface area contributed by atoms with E-state index in [0.717, 1.165) is 28.1 Å². The zero-order chi connectivity index (χ0) is 48.1. The van der Waals surface area contributed by atoms with Gasteiger partial charge in [0.25, 0.3) is 11.6 Å². The number of fused-ring (bicyclic) bond motifs is 2. The molecule has 2 N–H and O–H groups in total. The van der Waals surface area contributed by atoms with Crippen LogP contribution in [0.15, 0.2) is 5.11 Å². The number of nitrogens with one attached hydrogen (secondary N) is 2. The molecule has 65 heavy (non-hydrogen) atoms. The van der Waals surface area contributed by atoms with Gasteiger partial charge in [0, 0.05) is 25.3 Å². The van der Waals surface area contributed by atoms with Crippen molar-refractivity contribution >= 4 is 88.8 Å². The third kappa shape index (κ3) is 13.2. The van der Waals surface area contributed by atoms with E-state index < -0.39 is 170 Å². The van der Waals surface area contributed by atoms with E-state index in [1.807, 2.05) is 0 Å². The monoisotopic (exact) mass is 991 g/mol. The molecule has 4 heterocycles. The molecule has 12 atom stereocenters. The molecule has 4 aliphatic rings. The number of nitrogens with zero attached hydrogens (tertiary/aromatic N) is 3. The molecule has 0 spiro atoms. The van der Waals surface area contributed by atoms with Crippen LogP contribution in [0, 0.1) is 0 Å². The van der Waals surface area contributed by atoms with Crippen LogP contribution < -0.4 is 10.6 Å². The summed E-state index contributed by atoms with van der Waals surface area (Å²) in [4.78, 5) is 119. The lowest BCUT2D eigenvalue weighted by atomic mass is 9.88. The number of alkyl carbamates (subject to hydrolysis) is 2. The van der Waals surface area contributed by atoms with Crippen LogP contribution in [0.4, 0.5) is 9.59 Å². The van der Waals surface area contributed by atoms with Crippen molar-refractivity contribution in [2.45, 2.75) is 106 Å². The van der Waals surface area contributed by atoms with Gasteiger partial charge < -0.3 is 72.2 Å². The summed E-state index contributed by atoms with van der Waals surface area (Å²) in [5.41, 5.74) is 8.68. The summed E-state index contributed by atoms with van der Waals surface area (Å²) in [5.74, 6) is -15.4. The average Bonchev–Trinajstić information content (AvgIpc) is 3.85. The Kier molecular flexibility index (Phi) is 19.3. The predicted molar refractivity (Wildman–Crippen MR) is 207 cm³/mol. The summed E-state index contributed by atoms with van der Waals surface area (Å²) >= 11 is 17.0. The first-order valence-electron chi connectivity index (χ1n) is 19.2. The number of halogens is 3. The third-order valence-corrected chi connectivity index (χ3v) is 10.4. The normalized spacial score (nSPS) is 28.2. The van der Waals surface area contributed by atoms with Crippen molar-refractivity contribution < 1.29 is 105 Å². The highest BCUT2D eigenvalue weighted by Crippen LogP contribution is 2.41. The molecule has 4 saturated heterocycles. The number of carbonyl (C=O) groups is 9. The average molecular weight is 993 g/mol. The lowest BCUT2D eigenvalue weighted by molar-refractivity contribution is -0.323. The Morgan fingerprint density at radius 2 is 1.20 bits per heavy atom. The highest BCUT2D eigenvalue weighted by atomic mass is 35.5. The minimum atomic E-state index is -2.78. The number of ether oxygens (including phenoxy) is 13. The van der Waals surface area contributed by atoms with Crippen molar-refractivity contribution in [3.63, 3.8) is 0 Å². The molecule has 30 heteroatoms. The van der Waals surface area contributed by atoms with E-state index in [9.17, 15) is 43.2 Å². The Morgan fingerprint density at radius 3 is 1.68 bits per heavy atom. The van der Waals surface area contributed by atoms with Crippen molar-refractivity contribution in [2.75, 3.05) is 58.2 Å². The van der Waals surface area contributed by atoms with Gasteiger partial charge in [-0.25, -0.2) is 19.2 Å². The van der Waals surface area contributed by atoms with Gasteiger partial charge in [-0.05, 0) is 12.0 Å². The molecule has 0 aromatic heterocycles. The Bertz CT molecular complexity index is 1860. The number of esters is 7. The van der Waals surface area contributed by atoms with E-state index in [-0.39, 0.29) is 19.6 Å². The summed E-state index contributed by atoms with van der Waals surface area (Å²) in [7, 11) is 1.90. The topological polar surface area (TPSA) is 346 Å². The molecule has 27 nitrogen and oxygen atoms in total. The van der Waals surface area contributed by atoms with E-state index in [0.29, 0.717) is 0 Å². The Hall–Kier alpha value is -5.15. The van der Waals surface area contributed by atoms with Crippen LogP contribution in [-0.4, -0.2) is 185 Å². The number of hydrogen-bond donors (Lipinski definition) is 2. The molecule has 0 radical (unpaired) electrons. The number of hydrogen-bond acceptors (Lipinski definition) is 23. The SMILES string of the molecule is COC(=O)[C@@]1(OCCCN=[N+]=[N-])C[C@@H]2OC(=O)N[C@H]2[C@H]([C@H](OC(C)=O)[C@@H](CO[C@]2(C(=O)OC)C[C@@H]3OC(=O)N[C@H]3[C@H]([C@H](OC(=O)CCl)[C@@H](COC(=O)CCl)OC(=O)CCl)O2)OC(C)=O)O1. The molecule has 4 fully saturated rings. The minimum Gasteiger partial charge on any atom is -0.465 e. The van der Waals surface area contributed by atoms with Crippen molar-refractivity contribution in [1.82, 2.24) is 10.6 Å². The van der Waals surface area contributed by atoms with Crippen molar-refractivity contribution in [1.29, 1.82) is 0 Å². The first-order chi connectivity index (χ1) is 30.9. The van der Waals surface area contributed by atoms with E-state index in [1.54, 1.807) is 0 Å². The fraction of sp³-hybridized carbons (Fsp3) is 0.743. The number of alkyl halides is 3. The Labute approximate surface area is 382 Å². The maximum absolute atomic E-state index is 14.0. The predicted octanol–water partition coefficient (Wildman–Crippen LogP) is -0.0630. The quantitative estimate of drug-likeness (QED) is 0.0257. The number of azide groups is 1. The maximum Gasteiger partial charge on any atom is 0.407 e. The number of carbonyl (C=O) groups excluding carboxylic acids is 9. The second kappa shape index (κ2) is 23.9. The highest BCUT2D eigenvalue weighted by Gasteiger charge is 2.64. The van der Waals surface area contributed by atoms with Gasteiger partial charge in [0.2, 0.25) is 0 Å². The molecule has 0 saturated carbocycles. The van der Waals surface area contributed by atoms with Gasteiger partial charge in [0.05, 0.1) is 52.4 Å². The van der Waals surface area contributed by atoms with Crippen LogP contribution in [0.1, 0.15) is 33.1 Å². The van der Waals surface area contributed by atoms with Gasteiger partial charge >= 0.3 is 54.0 Å². The van der Waals surface area contributed by atoms with Gasteiger partial charge in [-0.2, -0.15) is 0 Å². The molecular formula is C35H44Cl3N5O22. The van der Waals surface area contributed by atoms with Gasteiger partial charge in [-0.15, -0.1) is 34.8 Å². The van der Waals surface area contributed by atoms with Crippen LogP contribution in [0.3, 0.4) is 0 Å². The van der Waals surface area contributed by atoms with Crippen LogP contribution >= 0.6 is 34.8 Å². The Morgan fingerprint density at radius 1 is 0.723 bits per heavy atom. The second-order valence-corrected chi connectivity index (χ2v) is 14.8. The summed E-state index contributed by atoms with van der Waals surface area (Å²) < 4.78 is 72.5. The lowest BCUT2D eigenvalue weighted by Crippen LogP contribution is -2.67. The van der Waals surface area contributed by atoms with E-state index in [2.05, 4.69) is 20.7 Å². The first kappa shape index (κ1) is 52.5. The van der Waals surface area contributed by atoms with Crippen LogP contribution in [0.5, 0.6) is 0 Å². The first-order valence-corrected chi connectivity index (χ1v) is 20.8. The molecular weight excluding hydrogens is 949 g/mol. The molecule has 2 amide bonds. The van der Waals surface area contributed by atoms with Crippen molar-refractivity contribution in [3.05, 3.63) is 10.4 Å². The number of amides is 2. The molecule has 0 aliphatic carbocycles. The molecule has 362 valence electrons. The second-order valence-electron chi connectivity index (χ2n) is 14.0. The van der Waals surface area contributed by atoms with E-state index in [1.165, 1.54) is 0 Å². The van der Waals surface area contributed by atoms with Crippen molar-refractivity contribution in [3.8, 4) is 0 Å². The Balaban J connectivity index is 1.82. The van der Waals surface area contributed by atoms with Crippen LogP contribution in [0.2, 0.25) is 0 Å². The van der Waals surface area contributed by atoms with Crippen molar-refractivity contribution in [2.24, 2.45) is 5.11 Å². The van der Waals surface area contributed by atoms with Crippen LogP contribution in [-0.2, 0) is 95.1 Å². The molecule has 0 bridgehead atoms. The minimum absolute atomic E-state index is 0.0595. The summed E-state index contributed by atoms with van der Waals surface area (Å²) in [6.07, 6.45) is -17.1. The molecule has 0 aromatic carbocycles. The van der Waals surface area contributed by atoms with E-state index in [4.69, 9.17) is 102 Å². The fourth-order valence-corrected chi connectivity index (χ4v) is 7.44. The summed E-state index contributed by atoms with van der Waals surface area (Å²) in [6, 6.07) is -2.64. The summed E-state index contributed by atoms with van der Waals surface area (Å²) in [6.45, 7) is -0.375. The van der Waals surface area contributed by atoms with Gasteiger partial charge in [-0.1, -0.05) is 5.11 Å². The van der Waals surface area contributed by atoms with Gasteiger partial charge in [0.1, 0.15) is 48.7 Å².